The first-order chi connectivity index (χ1) is 9.99. The van der Waals surface area contributed by atoms with Crippen molar-refractivity contribution < 1.29 is 31.8 Å². The summed E-state index contributed by atoms with van der Waals surface area (Å²) in [5, 5.41) is 0. The van der Waals surface area contributed by atoms with Gasteiger partial charge in [-0.05, 0) is 23.8 Å². The molecule has 0 fully saturated rings. The number of rotatable bonds is 5. The highest BCUT2D eigenvalue weighted by Crippen LogP contribution is 2.29. The van der Waals surface area contributed by atoms with Gasteiger partial charge in [0.1, 0.15) is 18.2 Å². The minimum atomic E-state index is -4.76. The van der Waals surface area contributed by atoms with Crippen LogP contribution in [0.4, 0.5) is 17.6 Å². The minimum Gasteiger partial charge on any atom is -0.459 e. The third-order valence-corrected chi connectivity index (χ3v) is 2.76. The summed E-state index contributed by atoms with van der Waals surface area (Å²) in [6.07, 6.45) is -3.51. The molecule has 1 rings (SSSR count). The molecule has 0 spiro atoms. The number of ether oxygens (including phenoxy) is 2. The summed E-state index contributed by atoms with van der Waals surface area (Å²) >= 11 is 0. The Morgan fingerprint density at radius 1 is 1.18 bits per heavy atom. The third-order valence-electron chi connectivity index (χ3n) is 2.76. The summed E-state index contributed by atoms with van der Waals surface area (Å²) in [5.41, 5.74) is -0.207. The predicted molar refractivity (Wildman–Crippen MR) is 72.0 cm³/mol. The van der Waals surface area contributed by atoms with Crippen LogP contribution < -0.4 is 4.74 Å². The van der Waals surface area contributed by atoms with Crippen LogP contribution in [-0.4, -0.2) is 18.9 Å². The van der Waals surface area contributed by atoms with Gasteiger partial charge in [0, 0.05) is 12.3 Å². The molecule has 122 valence electrons. The molecule has 22 heavy (non-hydrogen) atoms. The van der Waals surface area contributed by atoms with E-state index < -0.39 is 30.2 Å². The molecule has 0 N–H and O–H groups in total. The first-order valence-corrected chi connectivity index (χ1v) is 6.36. The van der Waals surface area contributed by atoms with E-state index >= 15 is 0 Å². The van der Waals surface area contributed by atoms with Crippen molar-refractivity contribution in [3.8, 4) is 5.75 Å². The van der Waals surface area contributed by atoms with Crippen LogP contribution in [0.3, 0.4) is 0 Å². The van der Waals surface area contributed by atoms with Crippen molar-refractivity contribution in [3.63, 3.8) is 0 Å². The fourth-order valence-corrected chi connectivity index (χ4v) is 1.77. The van der Waals surface area contributed by atoms with Crippen molar-refractivity contribution in [2.45, 2.75) is 32.5 Å². The maximum absolute atomic E-state index is 13.7. The molecular formula is C15H16F4O3. The summed E-state index contributed by atoms with van der Waals surface area (Å²) < 4.78 is 58.2. The summed E-state index contributed by atoms with van der Waals surface area (Å²) in [4.78, 5) is 10.6. The summed E-state index contributed by atoms with van der Waals surface area (Å²) in [7, 11) is 0. The summed E-state index contributed by atoms with van der Waals surface area (Å²) in [6.45, 7) is 4.05. The lowest BCUT2D eigenvalue weighted by molar-refractivity contribution is -0.274. The van der Waals surface area contributed by atoms with Crippen LogP contribution in [0.5, 0.6) is 5.75 Å². The maximum atomic E-state index is 13.7. The van der Waals surface area contributed by atoms with E-state index in [9.17, 15) is 22.4 Å². The number of carbonyl (C=O) groups excluding carboxylic acids is 1. The summed E-state index contributed by atoms with van der Waals surface area (Å²) in [6, 6.07) is 5.14. The molecule has 0 saturated carbocycles. The van der Waals surface area contributed by atoms with Crippen LogP contribution in [0.1, 0.15) is 26.3 Å². The fraction of sp³-hybridized carbons (Fsp3) is 0.400. The normalized spacial score (nSPS) is 13.0. The van der Waals surface area contributed by atoms with Crippen LogP contribution in [-0.2, 0) is 14.9 Å². The van der Waals surface area contributed by atoms with E-state index in [1.54, 1.807) is 13.8 Å². The van der Waals surface area contributed by atoms with E-state index in [0.717, 1.165) is 19.1 Å². The molecule has 3 nitrogen and oxygen atoms in total. The van der Waals surface area contributed by atoms with Crippen LogP contribution in [0.25, 0.3) is 0 Å². The van der Waals surface area contributed by atoms with Crippen molar-refractivity contribution in [2.24, 2.45) is 0 Å². The topological polar surface area (TPSA) is 35.5 Å². The molecule has 0 aliphatic carbocycles. The zero-order valence-electron chi connectivity index (χ0n) is 12.3. The van der Waals surface area contributed by atoms with Crippen LogP contribution in [0.2, 0.25) is 0 Å². The highest BCUT2D eigenvalue weighted by atomic mass is 19.4. The monoisotopic (exact) mass is 320 g/mol. The molecule has 0 aliphatic heterocycles. The zero-order valence-corrected chi connectivity index (χ0v) is 12.3. The lowest BCUT2D eigenvalue weighted by Crippen LogP contribution is -2.18. The molecule has 0 unspecified atom stereocenters. The van der Waals surface area contributed by atoms with Crippen molar-refractivity contribution in [1.29, 1.82) is 0 Å². The summed E-state index contributed by atoms with van der Waals surface area (Å²) in [5.74, 6) is -1.60. The molecule has 0 bridgehead atoms. The number of allylic oxidation sites excluding steroid dienone is 1. The van der Waals surface area contributed by atoms with Gasteiger partial charge in [0.25, 0.3) is 0 Å². The van der Waals surface area contributed by atoms with Gasteiger partial charge in [-0.25, -0.2) is 4.39 Å². The van der Waals surface area contributed by atoms with Gasteiger partial charge in [-0.1, -0.05) is 26.0 Å². The number of alkyl halides is 3. The molecule has 7 heteroatoms. The van der Waals surface area contributed by atoms with Gasteiger partial charge in [0.2, 0.25) is 0 Å². The second kappa shape index (κ2) is 6.81. The van der Waals surface area contributed by atoms with Crippen LogP contribution in [0.15, 0.2) is 36.2 Å². The maximum Gasteiger partial charge on any atom is 0.573 e. The molecule has 0 heterocycles. The SMILES string of the molecule is CC(=O)OC/C(F)=C/C(C)(C)c1ccc(OC(F)(F)F)cc1. The van der Waals surface area contributed by atoms with E-state index in [4.69, 9.17) is 0 Å². The van der Waals surface area contributed by atoms with Gasteiger partial charge >= 0.3 is 12.3 Å². The number of carbonyl (C=O) groups is 1. The average molecular weight is 320 g/mol. The number of halogens is 4. The van der Waals surface area contributed by atoms with Gasteiger partial charge in [0.05, 0.1) is 0 Å². The molecule has 0 amide bonds. The van der Waals surface area contributed by atoms with Gasteiger partial charge in [-0.3, -0.25) is 4.79 Å². The Hall–Kier alpha value is -2.05. The van der Waals surface area contributed by atoms with E-state index in [0.29, 0.717) is 5.56 Å². The lowest BCUT2D eigenvalue weighted by atomic mass is 9.84. The first-order valence-electron chi connectivity index (χ1n) is 6.36. The highest BCUT2D eigenvalue weighted by Gasteiger charge is 2.31. The third kappa shape index (κ3) is 6.15. The van der Waals surface area contributed by atoms with Gasteiger partial charge < -0.3 is 9.47 Å². The molecule has 0 saturated heterocycles. The molecule has 1 aromatic rings. The van der Waals surface area contributed by atoms with Crippen molar-refractivity contribution in [2.75, 3.05) is 6.61 Å². The first kappa shape index (κ1) is 18.0. The Balaban J connectivity index is 2.84. The quantitative estimate of drug-likeness (QED) is 0.600. The molecule has 0 aliphatic rings. The molecule has 0 radical (unpaired) electrons. The highest BCUT2D eigenvalue weighted by molar-refractivity contribution is 5.66. The van der Waals surface area contributed by atoms with Gasteiger partial charge in [-0.2, -0.15) is 0 Å². The molecule has 1 aromatic carbocycles. The number of esters is 1. The zero-order chi connectivity index (χ0) is 17.0. The minimum absolute atomic E-state index is 0.351. The fourth-order valence-electron chi connectivity index (χ4n) is 1.77. The second-order valence-electron chi connectivity index (χ2n) is 5.17. The smallest absolute Gasteiger partial charge is 0.459 e. The Labute approximate surface area is 125 Å². The molecular weight excluding hydrogens is 304 g/mol. The Kier molecular flexibility index (Phi) is 5.57. The predicted octanol–water partition coefficient (Wildman–Crippen LogP) is 4.28. The van der Waals surface area contributed by atoms with Crippen molar-refractivity contribution >= 4 is 5.97 Å². The molecule has 0 atom stereocenters. The Morgan fingerprint density at radius 2 is 1.73 bits per heavy atom. The standard InChI is InChI=1S/C15H16F4O3/c1-10(20)21-9-12(16)8-14(2,3)11-4-6-13(7-5-11)22-15(17,18)19/h4-8H,9H2,1-3H3/b12-8-. The van der Waals surface area contributed by atoms with Gasteiger partial charge in [-0.15, -0.1) is 13.2 Å². The van der Waals surface area contributed by atoms with E-state index in [1.807, 2.05) is 0 Å². The van der Waals surface area contributed by atoms with Crippen molar-refractivity contribution in [1.82, 2.24) is 0 Å². The van der Waals surface area contributed by atoms with E-state index in [1.165, 1.54) is 18.2 Å². The number of hydrogen-bond acceptors (Lipinski definition) is 3. The Morgan fingerprint density at radius 3 is 2.18 bits per heavy atom. The van der Waals surface area contributed by atoms with Gasteiger partial charge in [0.15, 0.2) is 0 Å². The van der Waals surface area contributed by atoms with Crippen LogP contribution in [0, 0.1) is 0 Å². The number of hydrogen-bond donors (Lipinski definition) is 0. The largest absolute Gasteiger partial charge is 0.573 e. The second-order valence-corrected chi connectivity index (χ2v) is 5.17. The molecule has 0 aromatic heterocycles. The van der Waals surface area contributed by atoms with Crippen molar-refractivity contribution in [3.05, 3.63) is 41.7 Å². The van der Waals surface area contributed by atoms with E-state index in [-0.39, 0.29) is 5.75 Å². The number of benzene rings is 1. The Bertz CT molecular complexity index is 545. The lowest BCUT2D eigenvalue weighted by Gasteiger charge is -2.21. The van der Waals surface area contributed by atoms with E-state index in [2.05, 4.69) is 9.47 Å². The average Bonchev–Trinajstić information content (AvgIpc) is 2.34. The van der Waals surface area contributed by atoms with Crippen LogP contribution >= 0.6 is 0 Å².